The number of H-pyrrole nitrogens is 1. The molecule has 0 aliphatic carbocycles. The van der Waals surface area contributed by atoms with Crippen LogP contribution in [0.15, 0.2) is 48.5 Å². The quantitative estimate of drug-likeness (QED) is 0.508. The summed E-state index contributed by atoms with van der Waals surface area (Å²) in [4.78, 5) is 27.7. The maximum absolute atomic E-state index is 12.5. The van der Waals surface area contributed by atoms with E-state index in [2.05, 4.69) is 15.6 Å². The number of aromatic nitrogens is 1. The van der Waals surface area contributed by atoms with Gasteiger partial charge in [0.15, 0.2) is 0 Å². The molecule has 6 heteroatoms. The molecule has 4 rings (SSSR count). The number of aliphatic hydroxyl groups is 1. The maximum Gasteiger partial charge on any atom is 0.242 e. The minimum absolute atomic E-state index is 0.116. The molecule has 1 atom stereocenters. The number of aromatic amines is 1. The molecule has 1 aromatic heterocycles. The molecule has 0 radical (unpaired) electrons. The first-order valence-corrected chi connectivity index (χ1v) is 10.3. The second-order valence-electron chi connectivity index (χ2n) is 8.33. The van der Waals surface area contributed by atoms with Crippen molar-refractivity contribution in [2.75, 3.05) is 6.54 Å². The lowest BCUT2D eigenvalue weighted by molar-refractivity contribution is -0.127. The van der Waals surface area contributed by atoms with E-state index in [1.165, 1.54) is 0 Å². The smallest absolute Gasteiger partial charge is 0.242 e. The highest BCUT2D eigenvalue weighted by molar-refractivity contribution is 5.94. The second kappa shape index (κ2) is 7.95. The first-order chi connectivity index (χ1) is 14.3. The molecular weight excluding hydrogens is 378 g/mol. The molecule has 0 spiro atoms. The Morgan fingerprint density at radius 3 is 2.60 bits per heavy atom. The number of benzene rings is 2. The average molecular weight is 405 g/mol. The zero-order chi connectivity index (χ0) is 21.3. The molecule has 156 valence electrons. The molecular formula is C24H27N3O3. The molecule has 1 aliphatic heterocycles. The summed E-state index contributed by atoms with van der Waals surface area (Å²) in [6.07, 6.45) is 1.44. The summed E-state index contributed by atoms with van der Waals surface area (Å²) >= 11 is 0. The zero-order valence-corrected chi connectivity index (χ0v) is 17.3. The third kappa shape index (κ3) is 3.96. The predicted octanol–water partition coefficient (Wildman–Crippen LogP) is 3.00. The molecule has 0 saturated carbocycles. The summed E-state index contributed by atoms with van der Waals surface area (Å²) in [7, 11) is 0. The van der Waals surface area contributed by atoms with Gasteiger partial charge in [-0.25, -0.2) is 0 Å². The van der Waals surface area contributed by atoms with Crippen LogP contribution in [0, 0.1) is 0 Å². The molecule has 1 fully saturated rings. The van der Waals surface area contributed by atoms with Crippen LogP contribution >= 0.6 is 0 Å². The van der Waals surface area contributed by atoms with E-state index in [9.17, 15) is 14.7 Å². The third-order valence-corrected chi connectivity index (χ3v) is 5.65. The van der Waals surface area contributed by atoms with Gasteiger partial charge in [-0.2, -0.15) is 0 Å². The minimum Gasteiger partial charge on any atom is -0.386 e. The van der Waals surface area contributed by atoms with Gasteiger partial charge < -0.3 is 20.7 Å². The van der Waals surface area contributed by atoms with E-state index >= 15 is 0 Å². The minimum atomic E-state index is -0.997. The number of carbonyl (C=O) groups is 2. The van der Waals surface area contributed by atoms with Crippen molar-refractivity contribution in [1.29, 1.82) is 0 Å². The van der Waals surface area contributed by atoms with Crippen LogP contribution in [0.2, 0.25) is 0 Å². The van der Waals surface area contributed by atoms with Gasteiger partial charge in [-0.15, -0.1) is 0 Å². The Bertz CT molecular complexity index is 1080. The third-order valence-electron chi connectivity index (χ3n) is 5.65. The first kappa shape index (κ1) is 20.2. The Labute approximate surface area is 175 Å². The number of nitrogens with one attached hydrogen (secondary N) is 3. The predicted molar refractivity (Wildman–Crippen MR) is 117 cm³/mol. The molecule has 2 heterocycles. The molecule has 1 unspecified atom stereocenters. The van der Waals surface area contributed by atoms with Crippen LogP contribution in [-0.4, -0.2) is 34.5 Å². The van der Waals surface area contributed by atoms with Crippen LogP contribution < -0.4 is 10.6 Å². The fourth-order valence-corrected chi connectivity index (χ4v) is 4.13. The summed E-state index contributed by atoms with van der Waals surface area (Å²) in [6.45, 7) is 4.14. The SMILES string of the molecule is CC(C)(O)c1cccc2c(CCC(=O)NC3CCNC3=O)c(-c3ccccc3)[nH]c12. The van der Waals surface area contributed by atoms with E-state index < -0.39 is 11.6 Å². The lowest BCUT2D eigenvalue weighted by Gasteiger charge is -2.18. The normalized spacial score (nSPS) is 16.6. The Hall–Kier alpha value is -3.12. The lowest BCUT2D eigenvalue weighted by atomic mass is 9.94. The topological polar surface area (TPSA) is 94.2 Å². The molecule has 1 saturated heterocycles. The van der Waals surface area contributed by atoms with E-state index in [1.54, 1.807) is 13.8 Å². The van der Waals surface area contributed by atoms with Crippen LogP contribution in [0.3, 0.4) is 0 Å². The molecule has 3 aromatic rings. The number of aryl methyl sites for hydroxylation is 1. The van der Waals surface area contributed by atoms with Crippen molar-refractivity contribution in [2.24, 2.45) is 0 Å². The zero-order valence-electron chi connectivity index (χ0n) is 17.3. The number of amides is 2. The lowest BCUT2D eigenvalue weighted by Crippen LogP contribution is -2.40. The molecule has 2 amide bonds. The molecule has 2 aromatic carbocycles. The molecule has 30 heavy (non-hydrogen) atoms. The summed E-state index contributed by atoms with van der Waals surface area (Å²) < 4.78 is 0. The van der Waals surface area contributed by atoms with Crippen molar-refractivity contribution < 1.29 is 14.7 Å². The van der Waals surface area contributed by atoms with Crippen molar-refractivity contribution in [3.05, 3.63) is 59.7 Å². The van der Waals surface area contributed by atoms with Gasteiger partial charge in [0.1, 0.15) is 6.04 Å². The van der Waals surface area contributed by atoms with Crippen LogP contribution in [0.4, 0.5) is 0 Å². The monoisotopic (exact) mass is 405 g/mol. The van der Waals surface area contributed by atoms with Gasteiger partial charge in [-0.1, -0.05) is 48.5 Å². The summed E-state index contributed by atoms with van der Waals surface area (Å²) in [5.41, 5.74) is 3.72. The second-order valence-corrected chi connectivity index (χ2v) is 8.33. The van der Waals surface area contributed by atoms with Crippen LogP contribution in [0.5, 0.6) is 0 Å². The summed E-state index contributed by atoms with van der Waals surface area (Å²) in [6, 6.07) is 15.4. The number of para-hydroxylation sites is 1. The Kier molecular flexibility index (Phi) is 5.35. The van der Waals surface area contributed by atoms with E-state index in [4.69, 9.17) is 0 Å². The standard InChI is InChI=1S/C24H27N3O3/c1-24(2,30)18-10-6-9-16-17(11-12-20(28)26-19-13-14-25-23(19)29)21(27-22(16)18)15-7-4-3-5-8-15/h3-10,19,27,30H,11-14H2,1-2H3,(H,25,29)(H,26,28). The van der Waals surface area contributed by atoms with E-state index in [0.29, 0.717) is 19.4 Å². The first-order valence-electron chi connectivity index (χ1n) is 10.3. The number of hydrogen-bond acceptors (Lipinski definition) is 3. The Balaban J connectivity index is 1.68. The molecule has 4 N–H and O–H groups in total. The fourth-order valence-electron chi connectivity index (χ4n) is 4.13. The van der Waals surface area contributed by atoms with Gasteiger partial charge in [-0.3, -0.25) is 9.59 Å². The largest absolute Gasteiger partial charge is 0.386 e. The molecule has 0 bridgehead atoms. The van der Waals surface area contributed by atoms with Crippen LogP contribution in [0.1, 0.15) is 37.8 Å². The number of fused-ring (bicyclic) bond motifs is 1. The van der Waals surface area contributed by atoms with Gasteiger partial charge >= 0.3 is 0 Å². The van der Waals surface area contributed by atoms with E-state index in [0.717, 1.165) is 33.3 Å². The van der Waals surface area contributed by atoms with Crippen molar-refractivity contribution in [3.8, 4) is 11.3 Å². The highest BCUT2D eigenvalue weighted by atomic mass is 16.3. The average Bonchev–Trinajstić information content (AvgIpc) is 3.29. The van der Waals surface area contributed by atoms with Crippen LogP contribution in [-0.2, 0) is 21.6 Å². The van der Waals surface area contributed by atoms with Crippen molar-refractivity contribution in [2.45, 2.75) is 44.8 Å². The number of carbonyl (C=O) groups excluding carboxylic acids is 2. The highest BCUT2D eigenvalue weighted by Gasteiger charge is 2.26. The van der Waals surface area contributed by atoms with Gasteiger partial charge in [0, 0.05) is 29.6 Å². The van der Waals surface area contributed by atoms with E-state index in [1.807, 2.05) is 48.5 Å². The van der Waals surface area contributed by atoms with Gasteiger partial charge in [-0.05, 0) is 37.8 Å². The van der Waals surface area contributed by atoms with Crippen LogP contribution in [0.25, 0.3) is 22.2 Å². The van der Waals surface area contributed by atoms with Crippen molar-refractivity contribution >= 4 is 22.7 Å². The Morgan fingerprint density at radius 2 is 1.93 bits per heavy atom. The maximum atomic E-state index is 12.5. The van der Waals surface area contributed by atoms with E-state index in [-0.39, 0.29) is 18.2 Å². The summed E-state index contributed by atoms with van der Waals surface area (Å²) in [5.74, 6) is -0.251. The molecule has 6 nitrogen and oxygen atoms in total. The molecule has 1 aliphatic rings. The summed E-state index contributed by atoms with van der Waals surface area (Å²) in [5, 5.41) is 17.2. The van der Waals surface area contributed by atoms with Crippen molar-refractivity contribution in [3.63, 3.8) is 0 Å². The highest BCUT2D eigenvalue weighted by Crippen LogP contribution is 2.36. The van der Waals surface area contributed by atoms with Crippen molar-refractivity contribution in [1.82, 2.24) is 15.6 Å². The van der Waals surface area contributed by atoms with Gasteiger partial charge in [0.05, 0.1) is 11.1 Å². The fraction of sp³-hybridized carbons (Fsp3) is 0.333. The number of rotatable bonds is 6. The van der Waals surface area contributed by atoms with Gasteiger partial charge in [0.2, 0.25) is 11.8 Å². The Morgan fingerprint density at radius 1 is 1.17 bits per heavy atom. The van der Waals surface area contributed by atoms with Gasteiger partial charge in [0.25, 0.3) is 0 Å². The number of hydrogen-bond donors (Lipinski definition) is 4.